The van der Waals surface area contributed by atoms with Gasteiger partial charge in [-0.2, -0.15) is 4.99 Å². The van der Waals surface area contributed by atoms with E-state index in [1.54, 1.807) is 23.6 Å². The Morgan fingerprint density at radius 1 is 1.15 bits per heavy atom. The van der Waals surface area contributed by atoms with E-state index in [9.17, 15) is 9.59 Å². The summed E-state index contributed by atoms with van der Waals surface area (Å²) in [5.41, 5.74) is 0.733. The number of fused-ring (bicyclic) bond motifs is 1. The van der Waals surface area contributed by atoms with Crippen LogP contribution in [0.1, 0.15) is 23.5 Å². The molecule has 27 heavy (non-hydrogen) atoms. The highest BCUT2D eigenvalue weighted by atomic mass is 79.9. The number of thiazole rings is 1. The van der Waals surface area contributed by atoms with E-state index in [1.165, 1.54) is 22.7 Å². The van der Waals surface area contributed by atoms with E-state index in [0.717, 1.165) is 14.0 Å². The average Bonchev–Trinajstić information content (AvgIpc) is 3.20. The fourth-order valence-corrected chi connectivity index (χ4v) is 4.82. The number of aromatic nitrogens is 1. The molecule has 0 aliphatic rings. The molecule has 3 aromatic rings. The molecule has 2 heterocycles. The van der Waals surface area contributed by atoms with E-state index < -0.39 is 5.97 Å². The number of rotatable bonds is 6. The highest BCUT2D eigenvalue weighted by molar-refractivity contribution is 9.11. The van der Waals surface area contributed by atoms with E-state index in [2.05, 4.69) is 20.9 Å². The smallest absolute Gasteiger partial charge is 0.326 e. The zero-order valence-corrected chi connectivity index (χ0v) is 17.9. The summed E-state index contributed by atoms with van der Waals surface area (Å²) in [4.78, 5) is 29.9. The first-order chi connectivity index (χ1) is 13.0. The normalized spacial score (nSPS) is 11.7. The molecule has 6 nitrogen and oxygen atoms in total. The molecule has 0 radical (unpaired) electrons. The second-order valence-corrected chi connectivity index (χ2v) is 8.80. The van der Waals surface area contributed by atoms with E-state index in [1.807, 2.05) is 25.1 Å². The molecule has 0 saturated heterocycles. The molecule has 0 aliphatic heterocycles. The second kappa shape index (κ2) is 8.81. The molecule has 2 aromatic heterocycles. The lowest BCUT2D eigenvalue weighted by molar-refractivity contribution is -0.143. The molecule has 0 atom stereocenters. The zero-order chi connectivity index (χ0) is 19.4. The Balaban J connectivity index is 2.15. The van der Waals surface area contributed by atoms with Gasteiger partial charge in [0.25, 0.3) is 5.91 Å². The van der Waals surface area contributed by atoms with Crippen molar-refractivity contribution in [2.24, 2.45) is 4.99 Å². The summed E-state index contributed by atoms with van der Waals surface area (Å²) < 4.78 is 14.2. The number of halogens is 1. The maximum absolute atomic E-state index is 12.5. The number of benzene rings is 1. The molecule has 0 saturated carbocycles. The number of ether oxygens (including phenoxy) is 2. The molecule has 0 bridgehead atoms. The summed E-state index contributed by atoms with van der Waals surface area (Å²) in [6, 6.07) is 9.14. The molecule has 3 rings (SSSR count). The first-order valence-electron chi connectivity index (χ1n) is 8.28. The van der Waals surface area contributed by atoms with Gasteiger partial charge in [-0.3, -0.25) is 9.59 Å². The third kappa shape index (κ3) is 4.48. The van der Waals surface area contributed by atoms with Gasteiger partial charge in [-0.15, -0.1) is 11.3 Å². The second-order valence-electron chi connectivity index (χ2n) is 5.33. The summed E-state index contributed by atoms with van der Waals surface area (Å²) in [5, 5.41) is 0. The van der Waals surface area contributed by atoms with Gasteiger partial charge >= 0.3 is 5.97 Å². The number of esters is 1. The predicted molar refractivity (Wildman–Crippen MR) is 110 cm³/mol. The Labute approximate surface area is 172 Å². The van der Waals surface area contributed by atoms with Crippen molar-refractivity contribution >= 4 is 60.7 Å². The third-order valence-corrected chi connectivity index (χ3v) is 6.19. The van der Waals surface area contributed by atoms with Crippen LogP contribution in [0.3, 0.4) is 0 Å². The first kappa shape index (κ1) is 19.8. The summed E-state index contributed by atoms with van der Waals surface area (Å²) in [6.45, 7) is 4.38. The van der Waals surface area contributed by atoms with Crippen LogP contribution in [0, 0.1) is 0 Å². The van der Waals surface area contributed by atoms with Gasteiger partial charge in [0, 0.05) is 0 Å². The average molecular weight is 469 g/mol. The molecule has 9 heteroatoms. The van der Waals surface area contributed by atoms with Crippen molar-refractivity contribution in [2.45, 2.75) is 20.4 Å². The molecule has 0 fully saturated rings. The van der Waals surface area contributed by atoms with Crippen LogP contribution in [-0.2, 0) is 16.1 Å². The molecule has 1 amide bonds. The van der Waals surface area contributed by atoms with E-state index >= 15 is 0 Å². The standard InChI is InChI=1S/C18H17BrN2O4S2/c1-3-24-11-6-5-7-12-16(11)21(10-15(22)25-4-2)18(27-12)20-17(23)13-8-9-14(19)26-13/h5-9H,3-4,10H2,1-2H3. The summed E-state index contributed by atoms with van der Waals surface area (Å²) in [5.74, 6) is -0.104. The zero-order valence-electron chi connectivity index (χ0n) is 14.7. The molecule has 0 unspecified atom stereocenters. The maximum atomic E-state index is 12.5. The lowest BCUT2D eigenvalue weighted by Gasteiger charge is -2.09. The number of nitrogens with zero attached hydrogens (tertiary/aromatic N) is 2. The largest absolute Gasteiger partial charge is 0.492 e. The van der Waals surface area contributed by atoms with Crippen molar-refractivity contribution in [1.82, 2.24) is 4.57 Å². The summed E-state index contributed by atoms with van der Waals surface area (Å²) >= 11 is 6.00. The van der Waals surface area contributed by atoms with Crippen molar-refractivity contribution in [3.8, 4) is 5.75 Å². The Morgan fingerprint density at radius 2 is 1.96 bits per heavy atom. The number of amides is 1. The van der Waals surface area contributed by atoms with Crippen LogP contribution in [0.15, 0.2) is 39.1 Å². The van der Waals surface area contributed by atoms with Crippen LogP contribution < -0.4 is 9.54 Å². The van der Waals surface area contributed by atoms with Gasteiger partial charge in [-0.25, -0.2) is 0 Å². The van der Waals surface area contributed by atoms with Crippen molar-refractivity contribution in [2.75, 3.05) is 13.2 Å². The lowest BCUT2D eigenvalue weighted by atomic mass is 10.3. The summed E-state index contributed by atoms with van der Waals surface area (Å²) in [6.07, 6.45) is 0. The quantitative estimate of drug-likeness (QED) is 0.507. The number of carbonyl (C=O) groups is 2. The third-order valence-electron chi connectivity index (χ3n) is 3.54. The van der Waals surface area contributed by atoms with Crippen molar-refractivity contribution in [3.63, 3.8) is 0 Å². The monoisotopic (exact) mass is 468 g/mol. The minimum absolute atomic E-state index is 0.0435. The van der Waals surface area contributed by atoms with Gasteiger partial charge in [0.15, 0.2) is 4.80 Å². The highest BCUT2D eigenvalue weighted by Gasteiger charge is 2.16. The van der Waals surface area contributed by atoms with Crippen LogP contribution in [-0.4, -0.2) is 29.7 Å². The van der Waals surface area contributed by atoms with Gasteiger partial charge in [0.1, 0.15) is 17.8 Å². The number of hydrogen-bond acceptors (Lipinski definition) is 6. The topological polar surface area (TPSA) is 69.9 Å². The molecule has 1 aromatic carbocycles. The Bertz CT molecular complexity index is 1050. The van der Waals surface area contributed by atoms with Gasteiger partial charge in [0.2, 0.25) is 0 Å². The van der Waals surface area contributed by atoms with Crippen LogP contribution in [0.2, 0.25) is 0 Å². The molecular formula is C18H17BrN2O4S2. The van der Waals surface area contributed by atoms with Gasteiger partial charge < -0.3 is 14.0 Å². The van der Waals surface area contributed by atoms with Gasteiger partial charge in [0.05, 0.1) is 26.6 Å². The predicted octanol–water partition coefficient (Wildman–Crippen LogP) is 4.23. The molecule has 142 valence electrons. The SMILES string of the molecule is CCOC(=O)Cn1c(=NC(=O)c2ccc(Br)s2)sc2cccc(OCC)c21. The molecule has 0 spiro atoms. The van der Waals surface area contributed by atoms with E-state index in [-0.39, 0.29) is 19.1 Å². The number of thiophene rings is 1. The minimum Gasteiger partial charge on any atom is -0.492 e. The fraction of sp³-hybridized carbons (Fsp3) is 0.278. The van der Waals surface area contributed by atoms with Crippen LogP contribution in [0.5, 0.6) is 5.75 Å². The van der Waals surface area contributed by atoms with Gasteiger partial charge in [-0.1, -0.05) is 17.4 Å². The van der Waals surface area contributed by atoms with Crippen molar-refractivity contribution in [3.05, 3.63) is 43.8 Å². The van der Waals surface area contributed by atoms with Crippen LogP contribution in [0.4, 0.5) is 0 Å². The number of hydrogen-bond donors (Lipinski definition) is 0. The number of carbonyl (C=O) groups excluding carboxylic acids is 2. The minimum atomic E-state index is -0.392. The van der Waals surface area contributed by atoms with Crippen LogP contribution >= 0.6 is 38.6 Å². The Hall–Kier alpha value is -1.97. The van der Waals surface area contributed by atoms with Crippen molar-refractivity contribution in [1.29, 1.82) is 0 Å². The molecule has 0 aliphatic carbocycles. The van der Waals surface area contributed by atoms with Gasteiger partial charge in [-0.05, 0) is 54.0 Å². The van der Waals surface area contributed by atoms with E-state index in [0.29, 0.717) is 22.0 Å². The highest BCUT2D eigenvalue weighted by Crippen LogP contribution is 2.28. The fourth-order valence-electron chi connectivity index (χ4n) is 2.51. The number of para-hydroxylation sites is 1. The van der Waals surface area contributed by atoms with Crippen LogP contribution in [0.25, 0.3) is 10.2 Å². The molecule has 0 N–H and O–H groups in total. The Morgan fingerprint density at radius 3 is 2.63 bits per heavy atom. The Kier molecular flexibility index (Phi) is 6.46. The van der Waals surface area contributed by atoms with Crippen molar-refractivity contribution < 1.29 is 19.1 Å². The summed E-state index contributed by atoms with van der Waals surface area (Å²) in [7, 11) is 0. The maximum Gasteiger partial charge on any atom is 0.326 e. The van der Waals surface area contributed by atoms with E-state index in [4.69, 9.17) is 9.47 Å². The first-order valence-corrected chi connectivity index (χ1v) is 10.7. The lowest BCUT2D eigenvalue weighted by Crippen LogP contribution is -2.23. The molecular weight excluding hydrogens is 452 g/mol.